The van der Waals surface area contributed by atoms with Crippen molar-refractivity contribution in [2.45, 2.75) is 33.2 Å². The lowest BCUT2D eigenvalue weighted by Gasteiger charge is -2.20. The summed E-state index contributed by atoms with van der Waals surface area (Å²) >= 11 is 0. The summed E-state index contributed by atoms with van der Waals surface area (Å²) in [6.07, 6.45) is 0. The number of aryl methyl sites for hydroxylation is 1. The van der Waals surface area contributed by atoms with Gasteiger partial charge in [-0.25, -0.2) is 0 Å². The lowest BCUT2D eigenvalue weighted by Crippen LogP contribution is -2.40. The molecular formula is C19H24ClN3O2. The van der Waals surface area contributed by atoms with Gasteiger partial charge < -0.3 is 16.4 Å². The summed E-state index contributed by atoms with van der Waals surface area (Å²) in [6, 6.07) is 12.0. The van der Waals surface area contributed by atoms with Gasteiger partial charge in [-0.1, -0.05) is 6.07 Å². The fourth-order valence-electron chi connectivity index (χ4n) is 2.20. The summed E-state index contributed by atoms with van der Waals surface area (Å²) in [5, 5.41) is 5.71. The third-order valence-electron chi connectivity index (χ3n) is 3.40. The van der Waals surface area contributed by atoms with Crippen LogP contribution in [0, 0.1) is 6.92 Å². The molecule has 2 aromatic rings. The maximum atomic E-state index is 12.3. The van der Waals surface area contributed by atoms with E-state index in [1.165, 1.54) is 0 Å². The predicted molar refractivity (Wildman–Crippen MR) is 104 cm³/mol. The molecule has 0 saturated heterocycles. The molecule has 2 rings (SSSR count). The molecule has 4 N–H and O–H groups in total. The summed E-state index contributed by atoms with van der Waals surface area (Å²) < 4.78 is 0. The second kappa shape index (κ2) is 8.03. The number of carbonyl (C=O) groups is 2. The Morgan fingerprint density at radius 1 is 0.960 bits per heavy atom. The average molecular weight is 362 g/mol. The van der Waals surface area contributed by atoms with Crippen molar-refractivity contribution >= 4 is 35.6 Å². The Balaban J connectivity index is 0.00000312. The van der Waals surface area contributed by atoms with Gasteiger partial charge in [0.15, 0.2) is 0 Å². The van der Waals surface area contributed by atoms with E-state index in [-0.39, 0.29) is 29.8 Å². The molecule has 0 unspecified atom stereocenters. The first-order valence-corrected chi connectivity index (χ1v) is 7.76. The monoisotopic (exact) mass is 361 g/mol. The van der Waals surface area contributed by atoms with Gasteiger partial charge in [0.2, 0.25) is 0 Å². The number of amides is 2. The molecule has 0 atom stereocenters. The van der Waals surface area contributed by atoms with E-state index in [4.69, 9.17) is 5.73 Å². The van der Waals surface area contributed by atoms with Crippen molar-refractivity contribution in [3.8, 4) is 0 Å². The number of rotatable bonds is 3. The Labute approximate surface area is 154 Å². The van der Waals surface area contributed by atoms with Crippen molar-refractivity contribution in [2.24, 2.45) is 0 Å². The van der Waals surface area contributed by atoms with Crippen LogP contribution in [0.2, 0.25) is 0 Å². The highest BCUT2D eigenvalue weighted by Gasteiger charge is 2.15. The van der Waals surface area contributed by atoms with Gasteiger partial charge in [-0.05, 0) is 69.7 Å². The first-order valence-electron chi connectivity index (χ1n) is 7.76. The molecule has 2 aromatic carbocycles. The molecule has 0 aliphatic rings. The van der Waals surface area contributed by atoms with Crippen LogP contribution in [0.3, 0.4) is 0 Å². The largest absolute Gasteiger partial charge is 0.399 e. The number of nitrogens with two attached hydrogens (primary N) is 1. The van der Waals surface area contributed by atoms with E-state index < -0.39 is 0 Å². The van der Waals surface area contributed by atoms with Crippen LogP contribution < -0.4 is 16.4 Å². The van der Waals surface area contributed by atoms with Crippen molar-refractivity contribution in [3.05, 3.63) is 59.2 Å². The highest BCUT2D eigenvalue weighted by molar-refractivity contribution is 6.06. The van der Waals surface area contributed by atoms with Crippen molar-refractivity contribution in [1.29, 1.82) is 0 Å². The van der Waals surface area contributed by atoms with Crippen LogP contribution in [0.5, 0.6) is 0 Å². The first kappa shape index (κ1) is 20.5. The van der Waals surface area contributed by atoms with Crippen molar-refractivity contribution < 1.29 is 9.59 Å². The fourth-order valence-corrected chi connectivity index (χ4v) is 2.20. The number of halogens is 1. The zero-order valence-corrected chi connectivity index (χ0v) is 15.7. The van der Waals surface area contributed by atoms with Crippen molar-refractivity contribution in [1.82, 2.24) is 5.32 Å². The smallest absolute Gasteiger partial charge is 0.256 e. The molecule has 0 aliphatic carbocycles. The molecule has 25 heavy (non-hydrogen) atoms. The Bertz CT molecular complexity index is 765. The van der Waals surface area contributed by atoms with Gasteiger partial charge in [-0.3, -0.25) is 9.59 Å². The van der Waals surface area contributed by atoms with Crippen molar-refractivity contribution in [3.63, 3.8) is 0 Å². The standard InChI is InChI=1S/C19H23N3O2.ClH/c1-12-5-8-14(20)11-16(12)18(24)21-15-9-6-13(7-10-15)17(23)22-19(2,3)4;/h5-11H,20H2,1-4H3,(H,21,24)(H,22,23);1H. The number of carbonyl (C=O) groups excluding carboxylic acids is 2. The summed E-state index contributed by atoms with van der Waals surface area (Å²) in [5.74, 6) is -0.376. The van der Waals surface area contributed by atoms with Gasteiger partial charge in [0.05, 0.1) is 0 Å². The van der Waals surface area contributed by atoms with E-state index in [1.54, 1.807) is 36.4 Å². The average Bonchev–Trinajstić information content (AvgIpc) is 2.48. The second-order valence-electron chi connectivity index (χ2n) is 6.81. The minimum Gasteiger partial charge on any atom is -0.399 e. The minimum atomic E-state index is -0.297. The number of benzene rings is 2. The fraction of sp³-hybridized carbons (Fsp3) is 0.263. The number of anilines is 2. The predicted octanol–water partition coefficient (Wildman–Crippen LogP) is 3.78. The van der Waals surface area contributed by atoms with Gasteiger partial charge in [-0.2, -0.15) is 0 Å². The van der Waals surface area contributed by atoms with Gasteiger partial charge >= 0.3 is 0 Å². The maximum Gasteiger partial charge on any atom is 0.256 e. The Hall–Kier alpha value is -2.53. The summed E-state index contributed by atoms with van der Waals surface area (Å²) in [7, 11) is 0. The zero-order chi connectivity index (χ0) is 17.9. The summed E-state index contributed by atoms with van der Waals surface area (Å²) in [4.78, 5) is 24.4. The molecule has 0 aliphatic heterocycles. The summed E-state index contributed by atoms with van der Waals surface area (Å²) in [6.45, 7) is 7.63. The Kier molecular flexibility index (Phi) is 6.59. The Morgan fingerprint density at radius 3 is 2.12 bits per heavy atom. The first-order chi connectivity index (χ1) is 11.2. The quantitative estimate of drug-likeness (QED) is 0.727. The van der Waals surface area contributed by atoms with Gasteiger partial charge in [0.25, 0.3) is 11.8 Å². The van der Waals surface area contributed by atoms with E-state index in [0.29, 0.717) is 22.5 Å². The molecule has 0 spiro atoms. The molecule has 0 radical (unpaired) electrons. The van der Waals surface area contributed by atoms with Crippen molar-refractivity contribution in [2.75, 3.05) is 11.1 Å². The van der Waals surface area contributed by atoms with Gasteiger partial charge in [0, 0.05) is 28.0 Å². The Morgan fingerprint density at radius 2 is 1.56 bits per heavy atom. The zero-order valence-electron chi connectivity index (χ0n) is 14.8. The SMILES string of the molecule is Cc1ccc(N)cc1C(=O)Nc1ccc(C(=O)NC(C)(C)C)cc1.Cl. The molecule has 0 fully saturated rings. The number of hydrogen-bond acceptors (Lipinski definition) is 3. The van der Waals surface area contributed by atoms with Crippen LogP contribution in [-0.2, 0) is 0 Å². The topological polar surface area (TPSA) is 84.2 Å². The molecule has 6 heteroatoms. The van der Waals surface area contributed by atoms with Crippen LogP contribution in [-0.4, -0.2) is 17.4 Å². The molecular weight excluding hydrogens is 338 g/mol. The highest BCUT2D eigenvalue weighted by Crippen LogP contribution is 2.16. The van der Waals surface area contributed by atoms with Gasteiger partial charge in [0.1, 0.15) is 0 Å². The normalized spacial score (nSPS) is 10.6. The molecule has 0 heterocycles. The summed E-state index contributed by atoms with van der Waals surface area (Å²) in [5.41, 5.74) is 8.53. The third kappa shape index (κ3) is 5.80. The minimum absolute atomic E-state index is 0. The number of hydrogen-bond donors (Lipinski definition) is 3. The van der Waals surface area contributed by atoms with Crippen LogP contribution in [0.25, 0.3) is 0 Å². The lowest BCUT2D eigenvalue weighted by molar-refractivity contribution is 0.0919. The van der Waals surface area contributed by atoms with E-state index in [2.05, 4.69) is 10.6 Å². The number of nitrogen functional groups attached to an aromatic ring is 1. The molecule has 0 bridgehead atoms. The highest BCUT2D eigenvalue weighted by atomic mass is 35.5. The second-order valence-corrected chi connectivity index (χ2v) is 6.81. The van der Waals surface area contributed by atoms with E-state index in [0.717, 1.165) is 5.56 Å². The van der Waals surface area contributed by atoms with Crippen LogP contribution in [0.4, 0.5) is 11.4 Å². The number of nitrogens with one attached hydrogen (secondary N) is 2. The third-order valence-corrected chi connectivity index (χ3v) is 3.40. The van der Waals surface area contributed by atoms with Crippen LogP contribution in [0.1, 0.15) is 47.1 Å². The van der Waals surface area contributed by atoms with E-state index in [9.17, 15) is 9.59 Å². The molecule has 0 aromatic heterocycles. The van der Waals surface area contributed by atoms with E-state index in [1.807, 2.05) is 33.8 Å². The van der Waals surface area contributed by atoms with E-state index >= 15 is 0 Å². The van der Waals surface area contributed by atoms with Gasteiger partial charge in [-0.15, -0.1) is 12.4 Å². The molecule has 134 valence electrons. The molecule has 2 amide bonds. The van der Waals surface area contributed by atoms with Crippen LogP contribution in [0.15, 0.2) is 42.5 Å². The van der Waals surface area contributed by atoms with Crippen LogP contribution >= 0.6 is 12.4 Å². The lowest BCUT2D eigenvalue weighted by atomic mass is 10.1. The maximum absolute atomic E-state index is 12.3. The molecule has 5 nitrogen and oxygen atoms in total. The molecule has 0 saturated carbocycles.